The van der Waals surface area contributed by atoms with Gasteiger partial charge in [-0.3, -0.25) is 14.0 Å². The Morgan fingerprint density at radius 2 is 1.90 bits per heavy atom. The first-order valence-electron chi connectivity index (χ1n) is 7.01. The predicted molar refractivity (Wildman–Crippen MR) is 84.2 cm³/mol. The van der Waals surface area contributed by atoms with Gasteiger partial charge in [0.1, 0.15) is 0 Å². The van der Waals surface area contributed by atoms with Crippen LogP contribution >= 0.6 is 7.75 Å². The van der Waals surface area contributed by atoms with E-state index in [2.05, 4.69) is 15.3 Å². The number of nitrogens with zero attached hydrogens (tertiary/aromatic N) is 2. The van der Waals surface area contributed by atoms with Crippen LogP contribution in [0.2, 0.25) is 0 Å². The van der Waals surface area contributed by atoms with Gasteiger partial charge in [0.25, 0.3) is 0 Å². The molecule has 0 bridgehead atoms. The topological polar surface area (TPSA) is 72.8 Å². The number of hydrogen-bond acceptors (Lipinski definition) is 5. The minimum atomic E-state index is -3.43. The summed E-state index contributed by atoms with van der Waals surface area (Å²) in [4.78, 5) is 3.97. The average Bonchev–Trinajstić information content (AvgIpc) is 2.44. The van der Waals surface area contributed by atoms with Crippen LogP contribution in [0.1, 0.15) is 33.3 Å². The van der Waals surface area contributed by atoms with Crippen molar-refractivity contribution < 1.29 is 13.6 Å². The molecule has 0 atom stereocenters. The van der Waals surface area contributed by atoms with Crippen molar-refractivity contribution in [3.63, 3.8) is 0 Å². The molecule has 1 heterocycles. The van der Waals surface area contributed by atoms with Crippen LogP contribution in [-0.4, -0.2) is 24.4 Å². The SMILES string of the molecule is CC(C)COP(=O)(N/N=C/c1cccnc1)OCC(C)C. The number of nitrogens with one attached hydrogen (secondary N) is 1. The lowest BCUT2D eigenvalue weighted by molar-refractivity contribution is 0.166. The molecule has 1 rings (SSSR count). The second kappa shape index (κ2) is 8.93. The average molecular weight is 313 g/mol. The van der Waals surface area contributed by atoms with Gasteiger partial charge < -0.3 is 0 Å². The van der Waals surface area contributed by atoms with Gasteiger partial charge in [-0.1, -0.05) is 33.8 Å². The molecule has 7 heteroatoms. The first-order valence-corrected chi connectivity index (χ1v) is 8.55. The minimum absolute atomic E-state index is 0.255. The second-order valence-electron chi connectivity index (χ2n) is 5.52. The molecular weight excluding hydrogens is 289 g/mol. The molecule has 21 heavy (non-hydrogen) atoms. The van der Waals surface area contributed by atoms with E-state index in [-0.39, 0.29) is 11.8 Å². The van der Waals surface area contributed by atoms with Gasteiger partial charge in [0, 0.05) is 18.0 Å². The van der Waals surface area contributed by atoms with E-state index in [0.29, 0.717) is 13.2 Å². The van der Waals surface area contributed by atoms with Gasteiger partial charge in [0.05, 0.1) is 19.4 Å². The number of rotatable bonds is 9. The Labute approximate surface area is 126 Å². The second-order valence-corrected chi connectivity index (χ2v) is 7.23. The van der Waals surface area contributed by atoms with Gasteiger partial charge in [0.2, 0.25) is 0 Å². The Hall–Kier alpha value is -1.23. The van der Waals surface area contributed by atoms with Crippen molar-refractivity contribution in [2.24, 2.45) is 16.9 Å². The van der Waals surface area contributed by atoms with Gasteiger partial charge in [-0.15, -0.1) is 0 Å². The largest absolute Gasteiger partial charge is 0.448 e. The first kappa shape index (κ1) is 17.8. The molecule has 1 N–H and O–H groups in total. The lowest BCUT2D eigenvalue weighted by Crippen LogP contribution is -2.14. The molecule has 0 unspecified atom stereocenters. The molecular formula is C14H24N3O3P. The van der Waals surface area contributed by atoms with Crippen molar-refractivity contribution in [3.8, 4) is 0 Å². The third-order valence-electron chi connectivity index (χ3n) is 2.23. The molecule has 6 nitrogen and oxygen atoms in total. The highest BCUT2D eigenvalue weighted by molar-refractivity contribution is 7.51. The highest BCUT2D eigenvalue weighted by atomic mass is 31.2. The van der Waals surface area contributed by atoms with Gasteiger partial charge >= 0.3 is 7.75 Å². The quantitative estimate of drug-likeness (QED) is 0.429. The lowest BCUT2D eigenvalue weighted by atomic mass is 10.2. The van der Waals surface area contributed by atoms with E-state index in [9.17, 15) is 4.57 Å². The summed E-state index contributed by atoms with van der Waals surface area (Å²) in [5, 5.41) is 6.45. The van der Waals surface area contributed by atoms with Crippen LogP contribution in [0, 0.1) is 11.8 Å². The monoisotopic (exact) mass is 313 g/mol. The summed E-state index contributed by atoms with van der Waals surface area (Å²) in [5.74, 6) is 0.509. The maximum atomic E-state index is 12.5. The lowest BCUT2D eigenvalue weighted by Gasteiger charge is -2.19. The zero-order chi connectivity index (χ0) is 15.7. The van der Waals surface area contributed by atoms with E-state index >= 15 is 0 Å². The van der Waals surface area contributed by atoms with Gasteiger partial charge in [-0.05, 0) is 17.9 Å². The fraction of sp³-hybridized carbons (Fsp3) is 0.571. The van der Waals surface area contributed by atoms with Crippen molar-refractivity contribution in [1.29, 1.82) is 0 Å². The number of pyridine rings is 1. The highest BCUT2D eigenvalue weighted by Crippen LogP contribution is 2.44. The van der Waals surface area contributed by atoms with E-state index < -0.39 is 7.75 Å². The van der Waals surface area contributed by atoms with E-state index in [1.165, 1.54) is 6.21 Å². The first-order chi connectivity index (χ1) is 9.91. The smallest absolute Gasteiger partial charge is 0.291 e. The summed E-state index contributed by atoms with van der Waals surface area (Å²) in [6.07, 6.45) is 4.85. The summed E-state index contributed by atoms with van der Waals surface area (Å²) >= 11 is 0. The van der Waals surface area contributed by atoms with E-state index in [0.717, 1.165) is 5.56 Å². The summed E-state index contributed by atoms with van der Waals surface area (Å²) in [7, 11) is -3.43. The van der Waals surface area contributed by atoms with Crippen LogP contribution < -0.4 is 5.20 Å². The maximum Gasteiger partial charge on any atom is 0.448 e. The zero-order valence-electron chi connectivity index (χ0n) is 13.0. The molecule has 1 aromatic heterocycles. The molecule has 0 fully saturated rings. The molecule has 0 radical (unpaired) electrons. The Bertz CT molecular complexity index is 462. The molecule has 0 saturated heterocycles. The molecule has 0 aliphatic rings. The van der Waals surface area contributed by atoms with Gasteiger partial charge in [-0.2, -0.15) is 5.10 Å². The Morgan fingerprint density at radius 3 is 2.38 bits per heavy atom. The standard InChI is InChI=1S/C14H24N3O3P/c1-12(2)10-19-21(18,20-11-13(3)4)17-16-9-14-6-5-7-15-8-14/h5-9,12-13H,10-11H2,1-4H3,(H,17,18)/b16-9+. The Balaban J connectivity index is 2.63. The minimum Gasteiger partial charge on any atom is -0.291 e. The van der Waals surface area contributed by atoms with Crippen LogP contribution in [0.15, 0.2) is 29.6 Å². The van der Waals surface area contributed by atoms with Crippen molar-refractivity contribution >= 4 is 14.0 Å². The van der Waals surface area contributed by atoms with Crippen LogP contribution in [0.4, 0.5) is 0 Å². The third kappa shape index (κ3) is 7.95. The van der Waals surface area contributed by atoms with Crippen LogP contribution in [0.25, 0.3) is 0 Å². The molecule has 0 aliphatic carbocycles. The maximum absolute atomic E-state index is 12.5. The Kier molecular flexibility index (Phi) is 7.57. The molecule has 0 aliphatic heterocycles. The molecule has 0 amide bonds. The predicted octanol–water partition coefficient (Wildman–Crippen LogP) is 3.46. The number of hydrogen-bond donors (Lipinski definition) is 1. The summed E-state index contributed by atoms with van der Waals surface area (Å²) in [6.45, 7) is 8.59. The number of hydrazone groups is 1. The summed E-state index contributed by atoms with van der Waals surface area (Å²) < 4.78 is 23.3. The molecule has 1 aromatic rings. The summed E-state index contributed by atoms with van der Waals surface area (Å²) in [5.41, 5.74) is 0.796. The molecule has 118 valence electrons. The van der Waals surface area contributed by atoms with Gasteiger partial charge in [0.15, 0.2) is 0 Å². The normalized spacial score (nSPS) is 12.5. The van der Waals surface area contributed by atoms with Crippen molar-refractivity contribution in [3.05, 3.63) is 30.1 Å². The Morgan fingerprint density at radius 1 is 1.29 bits per heavy atom. The molecule has 0 spiro atoms. The zero-order valence-corrected chi connectivity index (χ0v) is 13.9. The van der Waals surface area contributed by atoms with E-state index in [4.69, 9.17) is 9.05 Å². The van der Waals surface area contributed by atoms with Crippen molar-refractivity contribution in [2.75, 3.05) is 13.2 Å². The van der Waals surface area contributed by atoms with E-state index in [1.54, 1.807) is 18.5 Å². The van der Waals surface area contributed by atoms with Crippen LogP contribution in [0.3, 0.4) is 0 Å². The van der Waals surface area contributed by atoms with E-state index in [1.807, 2.05) is 33.8 Å². The van der Waals surface area contributed by atoms with Crippen LogP contribution in [-0.2, 0) is 13.6 Å². The third-order valence-corrected chi connectivity index (χ3v) is 3.57. The molecule has 0 aromatic carbocycles. The fourth-order valence-corrected chi connectivity index (χ4v) is 2.59. The molecule has 0 saturated carbocycles. The van der Waals surface area contributed by atoms with Crippen molar-refractivity contribution in [1.82, 2.24) is 10.2 Å². The summed E-state index contributed by atoms with van der Waals surface area (Å²) in [6, 6.07) is 3.64. The van der Waals surface area contributed by atoms with Crippen molar-refractivity contribution in [2.45, 2.75) is 27.7 Å². The van der Waals surface area contributed by atoms with Crippen LogP contribution in [0.5, 0.6) is 0 Å². The highest BCUT2D eigenvalue weighted by Gasteiger charge is 2.25. The fourth-order valence-electron chi connectivity index (χ4n) is 1.22. The van der Waals surface area contributed by atoms with Gasteiger partial charge in [-0.25, -0.2) is 9.76 Å². The number of aromatic nitrogens is 1.